The van der Waals surface area contributed by atoms with Gasteiger partial charge in [0, 0.05) is 10.6 Å². The van der Waals surface area contributed by atoms with E-state index in [4.69, 9.17) is 11.6 Å². The Kier molecular flexibility index (Phi) is 3.83. The van der Waals surface area contributed by atoms with Crippen LogP contribution in [0.5, 0.6) is 0 Å². The molecule has 0 aliphatic rings. The first-order valence-electron chi connectivity index (χ1n) is 5.50. The molecule has 2 rings (SSSR count). The van der Waals surface area contributed by atoms with Gasteiger partial charge in [-0.2, -0.15) is 13.2 Å². The van der Waals surface area contributed by atoms with Crippen molar-refractivity contribution in [1.29, 1.82) is 0 Å². The van der Waals surface area contributed by atoms with Crippen LogP contribution in [0.15, 0.2) is 48.5 Å². The van der Waals surface area contributed by atoms with Gasteiger partial charge < -0.3 is 5.11 Å². The Bertz CT molecular complexity index is 581. The second-order valence-corrected chi connectivity index (χ2v) is 4.42. The summed E-state index contributed by atoms with van der Waals surface area (Å²) in [6, 6.07) is 11.2. The number of hydrogen-bond donors (Lipinski definition) is 1. The van der Waals surface area contributed by atoms with Crippen LogP contribution in [0.3, 0.4) is 0 Å². The molecule has 0 saturated heterocycles. The molecule has 0 aliphatic heterocycles. The molecule has 1 nitrogen and oxygen atoms in total. The van der Waals surface area contributed by atoms with E-state index >= 15 is 0 Å². The number of aliphatic hydroxyl groups is 1. The summed E-state index contributed by atoms with van der Waals surface area (Å²) in [7, 11) is 0. The molecule has 2 aromatic rings. The SMILES string of the molecule is OC(c1ccccc1Cl)c1ccccc1C(F)(F)F. The minimum Gasteiger partial charge on any atom is -0.384 e. The molecule has 0 radical (unpaired) electrons. The fourth-order valence-electron chi connectivity index (χ4n) is 1.86. The van der Waals surface area contributed by atoms with Gasteiger partial charge in [0.1, 0.15) is 6.10 Å². The van der Waals surface area contributed by atoms with E-state index < -0.39 is 17.8 Å². The summed E-state index contributed by atoms with van der Waals surface area (Å²) in [6.45, 7) is 0. The predicted octanol–water partition coefficient (Wildman–Crippen LogP) is 4.44. The van der Waals surface area contributed by atoms with Gasteiger partial charge in [-0.25, -0.2) is 0 Å². The van der Waals surface area contributed by atoms with Crippen LogP contribution in [0.25, 0.3) is 0 Å². The fourth-order valence-corrected chi connectivity index (χ4v) is 2.10. The highest BCUT2D eigenvalue weighted by Gasteiger charge is 2.35. The Morgan fingerprint density at radius 1 is 0.895 bits per heavy atom. The van der Waals surface area contributed by atoms with Crippen molar-refractivity contribution < 1.29 is 18.3 Å². The molecule has 1 atom stereocenters. The lowest BCUT2D eigenvalue weighted by Gasteiger charge is -2.18. The van der Waals surface area contributed by atoms with E-state index in [1.165, 1.54) is 30.3 Å². The Balaban J connectivity index is 2.51. The Labute approximate surface area is 113 Å². The average molecular weight is 287 g/mol. The summed E-state index contributed by atoms with van der Waals surface area (Å²) in [6.07, 6.45) is -5.93. The first-order valence-corrected chi connectivity index (χ1v) is 5.87. The molecular weight excluding hydrogens is 277 g/mol. The molecule has 0 fully saturated rings. The van der Waals surface area contributed by atoms with E-state index in [0.717, 1.165) is 6.07 Å². The number of benzene rings is 2. The van der Waals surface area contributed by atoms with Gasteiger partial charge in [-0.3, -0.25) is 0 Å². The number of alkyl halides is 3. The van der Waals surface area contributed by atoms with Crippen molar-refractivity contribution in [2.45, 2.75) is 12.3 Å². The van der Waals surface area contributed by atoms with E-state index in [-0.39, 0.29) is 16.1 Å². The third-order valence-corrected chi connectivity index (χ3v) is 3.10. The van der Waals surface area contributed by atoms with Crippen LogP contribution in [0.2, 0.25) is 5.02 Å². The normalized spacial score (nSPS) is 13.3. The molecule has 0 heterocycles. The number of rotatable bonds is 2. The van der Waals surface area contributed by atoms with E-state index in [1.54, 1.807) is 12.1 Å². The maximum atomic E-state index is 12.9. The Morgan fingerprint density at radius 3 is 2.00 bits per heavy atom. The van der Waals surface area contributed by atoms with Crippen LogP contribution < -0.4 is 0 Å². The lowest BCUT2D eigenvalue weighted by atomic mass is 9.96. The Morgan fingerprint density at radius 2 is 1.42 bits per heavy atom. The molecule has 2 aromatic carbocycles. The lowest BCUT2D eigenvalue weighted by Crippen LogP contribution is -2.12. The zero-order valence-electron chi connectivity index (χ0n) is 9.66. The highest BCUT2D eigenvalue weighted by atomic mass is 35.5. The monoisotopic (exact) mass is 286 g/mol. The topological polar surface area (TPSA) is 20.2 Å². The summed E-state index contributed by atoms with van der Waals surface area (Å²) < 4.78 is 38.6. The van der Waals surface area contributed by atoms with Gasteiger partial charge in [-0.15, -0.1) is 0 Å². The minimum atomic E-state index is -4.52. The van der Waals surface area contributed by atoms with Crippen molar-refractivity contribution in [3.05, 3.63) is 70.2 Å². The highest BCUT2D eigenvalue weighted by molar-refractivity contribution is 6.31. The van der Waals surface area contributed by atoms with Crippen LogP contribution in [0.4, 0.5) is 13.2 Å². The van der Waals surface area contributed by atoms with Crippen LogP contribution in [-0.2, 0) is 6.18 Å². The van der Waals surface area contributed by atoms with Crippen molar-refractivity contribution in [1.82, 2.24) is 0 Å². The molecule has 0 spiro atoms. The molecule has 0 bridgehead atoms. The summed E-state index contributed by atoms with van der Waals surface area (Å²) in [5.41, 5.74) is -0.814. The predicted molar refractivity (Wildman–Crippen MR) is 67.0 cm³/mol. The van der Waals surface area contributed by atoms with E-state index in [2.05, 4.69) is 0 Å². The summed E-state index contributed by atoms with van der Waals surface area (Å²) in [5, 5.41) is 10.4. The van der Waals surface area contributed by atoms with Gasteiger partial charge in [0.2, 0.25) is 0 Å². The molecule has 5 heteroatoms. The molecule has 0 aromatic heterocycles. The second kappa shape index (κ2) is 5.23. The van der Waals surface area contributed by atoms with Gasteiger partial charge in [0.15, 0.2) is 0 Å². The van der Waals surface area contributed by atoms with Crippen LogP contribution in [0, 0.1) is 0 Å². The highest BCUT2D eigenvalue weighted by Crippen LogP contribution is 2.37. The van der Waals surface area contributed by atoms with Gasteiger partial charge in [0.05, 0.1) is 5.56 Å². The maximum absolute atomic E-state index is 12.9. The molecule has 0 amide bonds. The molecule has 1 unspecified atom stereocenters. The molecule has 0 saturated carbocycles. The number of hydrogen-bond acceptors (Lipinski definition) is 1. The van der Waals surface area contributed by atoms with E-state index in [1.807, 2.05) is 0 Å². The zero-order chi connectivity index (χ0) is 14.0. The summed E-state index contributed by atoms with van der Waals surface area (Å²) in [5.74, 6) is 0. The number of aliphatic hydroxyl groups excluding tert-OH is 1. The molecule has 1 N–H and O–H groups in total. The van der Waals surface area contributed by atoms with E-state index in [9.17, 15) is 18.3 Å². The first kappa shape index (κ1) is 13.9. The van der Waals surface area contributed by atoms with Gasteiger partial charge in [-0.05, 0) is 17.7 Å². The van der Waals surface area contributed by atoms with Crippen molar-refractivity contribution in [3.63, 3.8) is 0 Å². The fraction of sp³-hybridized carbons (Fsp3) is 0.143. The third-order valence-electron chi connectivity index (χ3n) is 2.76. The lowest BCUT2D eigenvalue weighted by molar-refractivity contribution is -0.139. The summed E-state index contributed by atoms with van der Waals surface area (Å²) >= 11 is 5.89. The summed E-state index contributed by atoms with van der Waals surface area (Å²) in [4.78, 5) is 0. The number of halogens is 4. The largest absolute Gasteiger partial charge is 0.416 e. The van der Waals surface area contributed by atoms with Gasteiger partial charge >= 0.3 is 6.18 Å². The maximum Gasteiger partial charge on any atom is 0.416 e. The third kappa shape index (κ3) is 2.91. The van der Waals surface area contributed by atoms with E-state index in [0.29, 0.717) is 0 Å². The standard InChI is InChI=1S/C14H10ClF3O/c15-12-8-4-2-6-10(12)13(19)9-5-1-3-7-11(9)14(16,17)18/h1-8,13,19H. The zero-order valence-corrected chi connectivity index (χ0v) is 10.4. The molecule has 19 heavy (non-hydrogen) atoms. The molecule has 100 valence electrons. The van der Waals surface area contributed by atoms with Crippen LogP contribution >= 0.6 is 11.6 Å². The van der Waals surface area contributed by atoms with Crippen molar-refractivity contribution in [2.24, 2.45) is 0 Å². The van der Waals surface area contributed by atoms with Crippen molar-refractivity contribution in [2.75, 3.05) is 0 Å². The van der Waals surface area contributed by atoms with Crippen molar-refractivity contribution >= 4 is 11.6 Å². The smallest absolute Gasteiger partial charge is 0.384 e. The minimum absolute atomic E-state index is 0.205. The first-order chi connectivity index (χ1) is 8.91. The average Bonchev–Trinajstić information content (AvgIpc) is 2.37. The Hall–Kier alpha value is -1.52. The molecule has 0 aliphatic carbocycles. The van der Waals surface area contributed by atoms with Crippen LogP contribution in [-0.4, -0.2) is 5.11 Å². The van der Waals surface area contributed by atoms with Crippen molar-refractivity contribution in [3.8, 4) is 0 Å². The van der Waals surface area contributed by atoms with Crippen LogP contribution in [0.1, 0.15) is 22.8 Å². The quantitative estimate of drug-likeness (QED) is 0.865. The second-order valence-electron chi connectivity index (χ2n) is 4.01. The molecular formula is C14H10ClF3O. The van der Waals surface area contributed by atoms with Gasteiger partial charge in [-0.1, -0.05) is 48.0 Å². The van der Waals surface area contributed by atoms with Gasteiger partial charge in [0.25, 0.3) is 0 Å².